The first-order valence-electron chi connectivity index (χ1n) is 7.61. The highest BCUT2D eigenvalue weighted by molar-refractivity contribution is 5.17. The van der Waals surface area contributed by atoms with Crippen LogP contribution in [0.1, 0.15) is 68.7 Å². The lowest BCUT2D eigenvalue weighted by Gasteiger charge is -2.17. The number of nitrogens with one attached hydrogen (secondary N) is 1. The molecule has 0 radical (unpaired) electrons. The van der Waals surface area contributed by atoms with E-state index in [2.05, 4.69) is 28.2 Å². The summed E-state index contributed by atoms with van der Waals surface area (Å²) in [5, 5.41) is 8.25. The molecule has 0 atom stereocenters. The van der Waals surface area contributed by atoms with Crippen molar-refractivity contribution in [3.63, 3.8) is 0 Å². The summed E-state index contributed by atoms with van der Waals surface area (Å²) < 4.78 is 2.30. The van der Waals surface area contributed by atoms with E-state index in [1.807, 2.05) is 0 Å². The summed E-state index contributed by atoms with van der Waals surface area (Å²) in [7, 11) is 0. The lowest BCUT2D eigenvalue weighted by atomic mass is 10.1. The Morgan fingerprint density at radius 2 is 1.89 bits per heavy atom. The van der Waals surface area contributed by atoms with Crippen LogP contribution in [0.3, 0.4) is 0 Å². The van der Waals surface area contributed by atoms with Gasteiger partial charge in [0.2, 0.25) is 0 Å². The molecule has 0 spiro atoms. The number of hydrogen-bond donors (Lipinski definition) is 1. The Balaban J connectivity index is 1.66. The highest BCUT2D eigenvalue weighted by atomic mass is 15.3. The van der Waals surface area contributed by atoms with Crippen LogP contribution in [0.4, 0.5) is 0 Å². The third-order valence-electron chi connectivity index (χ3n) is 4.48. The minimum atomic E-state index is 0.655. The Kier molecular flexibility index (Phi) is 3.69. The van der Waals surface area contributed by atoms with Gasteiger partial charge in [-0.1, -0.05) is 25.7 Å². The van der Waals surface area contributed by atoms with Crippen LogP contribution in [0, 0.1) is 6.92 Å². The summed E-state index contributed by atoms with van der Waals surface area (Å²) in [6.45, 7) is 3.24. The van der Waals surface area contributed by atoms with E-state index in [1.54, 1.807) is 0 Å². The van der Waals surface area contributed by atoms with E-state index >= 15 is 0 Å². The summed E-state index contributed by atoms with van der Waals surface area (Å²) in [6.07, 6.45) is 13.0. The zero-order valence-electron chi connectivity index (χ0n) is 11.5. The second-order valence-corrected chi connectivity index (χ2v) is 6.00. The number of nitrogens with zero attached hydrogens (tertiary/aromatic N) is 2. The molecule has 2 aliphatic rings. The molecular formula is C15H25N3. The lowest BCUT2D eigenvalue weighted by molar-refractivity contribution is 0.397. The number of aromatic nitrogens is 2. The summed E-state index contributed by atoms with van der Waals surface area (Å²) in [5.74, 6) is 0. The quantitative estimate of drug-likeness (QED) is 0.827. The van der Waals surface area contributed by atoms with E-state index < -0.39 is 0 Å². The Hall–Kier alpha value is -0.830. The van der Waals surface area contributed by atoms with Crippen LogP contribution >= 0.6 is 0 Å². The van der Waals surface area contributed by atoms with Gasteiger partial charge in [0.1, 0.15) is 0 Å². The maximum Gasteiger partial charge on any atom is 0.0537 e. The molecular weight excluding hydrogens is 222 g/mol. The fraction of sp³-hybridized carbons (Fsp3) is 0.800. The van der Waals surface area contributed by atoms with Crippen molar-refractivity contribution < 1.29 is 0 Å². The normalized spacial score (nSPS) is 22.1. The highest BCUT2D eigenvalue weighted by Gasteiger charge is 2.22. The van der Waals surface area contributed by atoms with Gasteiger partial charge in [-0.3, -0.25) is 4.68 Å². The first kappa shape index (κ1) is 12.2. The van der Waals surface area contributed by atoms with Crippen molar-refractivity contribution in [1.29, 1.82) is 0 Å². The molecule has 0 aliphatic heterocycles. The molecule has 18 heavy (non-hydrogen) atoms. The third kappa shape index (κ3) is 2.77. The maximum atomic E-state index is 4.66. The Morgan fingerprint density at radius 1 is 1.17 bits per heavy atom. The molecule has 3 rings (SSSR count). The first-order valence-corrected chi connectivity index (χ1v) is 7.61. The van der Waals surface area contributed by atoms with E-state index in [1.165, 1.54) is 62.6 Å². The smallest absolute Gasteiger partial charge is 0.0537 e. The van der Waals surface area contributed by atoms with Gasteiger partial charge in [0.25, 0.3) is 0 Å². The van der Waals surface area contributed by atoms with E-state index in [9.17, 15) is 0 Å². The molecule has 0 amide bonds. The summed E-state index contributed by atoms with van der Waals surface area (Å²) in [6, 6.07) is 1.44. The molecule has 0 aromatic carbocycles. The molecule has 3 heteroatoms. The van der Waals surface area contributed by atoms with Gasteiger partial charge < -0.3 is 5.32 Å². The summed E-state index contributed by atoms with van der Waals surface area (Å²) in [4.78, 5) is 0. The van der Waals surface area contributed by atoms with Crippen LogP contribution in [0.25, 0.3) is 0 Å². The lowest BCUT2D eigenvalue weighted by Crippen LogP contribution is -2.16. The highest BCUT2D eigenvalue weighted by Crippen LogP contribution is 2.28. The molecule has 0 unspecified atom stereocenters. The molecule has 0 saturated heterocycles. The van der Waals surface area contributed by atoms with Crippen LogP contribution in [0.2, 0.25) is 0 Å². The predicted molar refractivity (Wildman–Crippen MR) is 73.6 cm³/mol. The van der Waals surface area contributed by atoms with Gasteiger partial charge in [-0.15, -0.1) is 0 Å². The second-order valence-electron chi connectivity index (χ2n) is 6.00. The number of rotatable bonds is 4. The molecule has 2 fully saturated rings. The van der Waals surface area contributed by atoms with E-state index in [4.69, 9.17) is 0 Å². The fourth-order valence-corrected chi connectivity index (χ4v) is 3.04. The third-order valence-corrected chi connectivity index (χ3v) is 4.48. The van der Waals surface area contributed by atoms with Crippen LogP contribution < -0.4 is 5.32 Å². The standard InChI is InChI=1S/C15H25N3/c1-12-13(10-16-14-8-9-14)11-17-18(12)15-6-4-2-3-5-7-15/h11,14-16H,2-10H2,1H3. The topological polar surface area (TPSA) is 29.9 Å². The van der Waals surface area contributed by atoms with Crippen LogP contribution in [0.5, 0.6) is 0 Å². The van der Waals surface area contributed by atoms with Gasteiger partial charge in [-0.25, -0.2) is 0 Å². The van der Waals surface area contributed by atoms with E-state index in [-0.39, 0.29) is 0 Å². The van der Waals surface area contributed by atoms with Crippen molar-refractivity contribution in [2.75, 3.05) is 0 Å². The monoisotopic (exact) mass is 247 g/mol. The van der Waals surface area contributed by atoms with Crippen molar-refractivity contribution in [3.05, 3.63) is 17.5 Å². The van der Waals surface area contributed by atoms with Gasteiger partial charge in [-0.05, 0) is 32.6 Å². The predicted octanol–water partition coefficient (Wildman–Crippen LogP) is 3.34. The molecule has 1 N–H and O–H groups in total. The summed E-state index contributed by atoms with van der Waals surface area (Å²) in [5.41, 5.74) is 2.78. The molecule has 1 aromatic heterocycles. The van der Waals surface area contributed by atoms with Crippen molar-refractivity contribution >= 4 is 0 Å². The molecule has 3 nitrogen and oxygen atoms in total. The van der Waals surface area contributed by atoms with E-state index in [0.29, 0.717) is 6.04 Å². The molecule has 100 valence electrons. The molecule has 2 saturated carbocycles. The van der Waals surface area contributed by atoms with E-state index in [0.717, 1.165) is 12.6 Å². The summed E-state index contributed by atoms with van der Waals surface area (Å²) >= 11 is 0. The van der Waals surface area contributed by atoms with Gasteiger partial charge in [0, 0.05) is 23.8 Å². The maximum absolute atomic E-state index is 4.66. The molecule has 2 aliphatic carbocycles. The molecule has 1 aromatic rings. The van der Waals surface area contributed by atoms with Crippen LogP contribution in [0.15, 0.2) is 6.20 Å². The fourth-order valence-electron chi connectivity index (χ4n) is 3.04. The van der Waals surface area contributed by atoms with Gasteiger partial charge in [-0.2, -0.15) is 5.10 Å². The number of hydrogen-bond acceptors (Lipinski definition) is 2. The average molecular weight is 247 g/mol. The molecule has 0 bridgehead atoms. The SMILES string of the molecule is Cc1c(CNC2CC2)cnn1C1CCCCCC1. The van der Waals surface area contributed by atoms with Crippen molar-refractivity contribution in [2.24, 2.45) is 0 Å². The van der Waals surface area contributed by atoms with Gasteiger partial charge in [0.05, 0.1) is 12.2 Å². The van der Waals surface area contributed by atoms with Crippen molar-refractivity contribution in [2.45, 2.75) is 76.9 Å². The second kappa shape index (κ2) is 5.43. The molecule has 1 heterocycles. The van der Waals surface area contributed by atoms with Crippen LogP contribution in [-0.2, 0) is 6.54 Å². The van der Waals surface area contributed by atoms with Gasteiger partial charge >= 0.3 is 0 Å². The van der Waals surface area contributed by atoms with Crippen molar-refractivity contribution in [1.82, 2.24) is 15.1 Å². The Morgan fingerprint density at radius 3 is 2.56 bits per heavy atom. The van der Waals surface area contributed by atoms with Crippen molar-refractivity contribution in [3.8, 4) is 0 Å². The average Bonchev–Trinajstić information content (AvgIpc) is 3.16. The van der Waals surface area contributed by atoms with Gasteiger partial charge in [0.15, 0.2) is 0 Å². The minimum Gasteiger partial charge on any atom is -0.310 e. The minimum absolute atomic E-state index is 0.655. The zero-order chi connectivity index (χ0) is 12.4. The first-order chi connectivity index (χ1) is 8.84. The zero-order valence-corrected chi connectivity index (χ0v) is 11.5. The Bertz CT molecular complexity index is 384. The Labute approximate surface area is 110 Å². The van der Waals surface area contributed by atoms with Crippen LogP contribution in [-0.4, -0.2) is 15.8 Å². The largest absolute Gasteiger partial charge is 0.310 e.